The lowest BCUT2D eigenvalue weighted by Gasteiger charge is -2.41. The van der Waals surface area contributed by atoms with E-state index in [1.165, 1.54) is 11.1 Å². The summed E-state index contributed by atoms with van der Waals surface area (Å²) in [7, 11) is 0. The van der Waals surface area contributed by atoms with E-state index in [1.54, 1.807) is 4.90 Å². The Bertz CT molecular complexity index is 1350. The molecule has 3 aliphatic heterocycles. The maximum atomic E-state index is 14.2. The Hall–Kier alpha value is -3.23. The minimum Gasteiger partial charge on any atom is -0.348 e. The van der Waals surface area contributed by atoms with Crippen LogP contribution < -0.4 is 21.1 Å². The zero-order valence-corrected chi connectivity index (χ0v) is 23.2. The molecule has 1 spiro atoms. The quantitative estimate of drug-likeness (QED) is 0.554. The number of nitrogens with one attached hydrogen (secondary N) is 3. The monoisotopic (exact) mass is 541 g/mol. The maximum Gasteiger partial charge on any atom is 0.240 e. The highest BCUT2D eigenvalue weighted by Crippen LogP contribution is 2.49. The number of amides is 3. The number of carbonyl (C=O) groups is 3. The second-order valence-corrected chi connectivity index (χ2v) is 12.5. The summed E-state index contributed by atoms with van der Waals surface area (Å²) in [6.07, 6.45) is 5.93. The Morgan fingerprint density at radius 3 is 2.73 bits per heavy atom. The molecule has 8 heteroatoms. The lowest BCUT2D eigenvalue weighted by molar-refractivity contribution is -0.140. The van der Waals surface area contributed by atoms with Gasteiger partial charge in [-0.25, -0.2) is 0 Å². The molecule has 3 fully saturated rings. The highest BCUT2D eigenvalue weighted by Gasteiger charge is 2.54. The number of anilines is 1. The molecule has 0 radical (unpaired) electrons. The molecule has 2 aromatic carbocycles. The van der Waals surface area contributed by atoms with E-state index in [9.17, 15) is 14.4 Å². The highest BCUT2D eigenvalue weighted by atomic mass is 16.2. The molecular formula is C32H39N5O3. The normalized spacial score (nSPS) is 28.4. The van der Waals surface area contributed by atoms with Gasteiger partial charge in [0.05, 0.1) is 11.5 Å². The van der Waals surface area contributed by atoms with E-state index in [0.29, 0.717) is 37.9 Å². The fourth-order valence-corrected chi connectivity index (χ4v) is 8.28. The van der Waals surface area contributed by atoms with E-state index in [-0.39, 0.29) is 36.2 Å². The molecule has 40 heavy (non-hydrogen) atoms. The second kappa shape index (κ2) is 10.00. The summed E-state index contributed by atoms with van der Waals surface area (Å²) in [6, 6.07) is 14.8. The van der Waals surface area contributed by atoms with Gasteiger partial charge in [0.2, 0.25) is 17.7 Å². The summed E-state index contributed by atoms with van der Waals surface area (Å²) in [6.45, 7) is 4.17. The molecule has 5 aliphatic rings. The van der Waals surface area contributed by atoms with Gasteiger partial charge < -0.3 is 15.1 Å². The number of hydrogen-bond acceptors (Lipinski definition) is 5. The first-order chi connectivity index (χ1) is 19.4. The third kappa shape index (κ3) is 4.15. The summed E-state index contributed by atoms with van der Waals surface area (Å²) >= 11 is 0. The first-order valence-corrected chi connectivity index (χ1v) is 15.0. The van der Waals surface area contributed by atoms with E-state index >= 15 is 0 Å². The van der Waals surface area contributed by atoms with E-state index in [1.807, 2.05) is 29.2 Å². The Kier molecular flexibility index (Phi) is 6.43. The Morgan fingerprint density at radius 1 is 1.05 bits per heavy atom. The number of rotatable bonds is 4. The third-order valence-electron chi connectivity index (χ3n) is 10.4. The molecule has 0 aromatic heterocycles. The summed E-state index contributed by atoms with van der Waals surface area (Å²) in [5.74, 6) is 0.727. The third-order valence-corrected chi connectivity index (χ3v) is 10.4. The standard InChI is InChI=1S/C32H39N5O3/c1-20-5-4-8-27-29(20)32(13-15-36(16-14-32)30(39)22-10-11-25-23(17-22)18-33-35-25)31(40)37(27)19-28(38)34-26-12-9-21-6-2-3-7-24(21)26/h2-8,22-23,25-26,33,35H,9-19H2,1H3,(H,34,38). The zero-order valence-electron chi connectivity index (χ0n) is 23.2. The van der Waals surface area contributed by atoms with Crippen LogP contribution in [0.2, 0.25) is 0 Å². The average Bonchev–Trinajstić information content (AvgIpc) is 3.66. The molecule has 3 heterocycles. The Balaban J connectivity index is 1.06. The topological polar surface area (TPSA) is 93.8 Å². The lowest BCUT2D eigenvalue weighted by atomic mass is 9.71. The second-order valence-electron chi connectivity index (χ2n) is 12.5. The first-order valence-electron chi connectivity index (χ1n) is 15.0. The van der Waals surface area contributed by atoms with Crippen molar-refractivity contribution in [2.24, 2.45) is 11.8 Å². The van der Waals surface area contributed by atoms with Crippen LogP contribution in [-0.2, 0) is 26.2 Å². The van der Waals surface area contributed by atoms with Crippen LogP contribution in [0.25, 0.3) is 0 Å². The van der Waals surface area contributed by atoms with Crippen molar-refractivity contribution >= 4 is 23.4 Å². The molecule has 0 bridgehead atoms. The van der Waals surface area contributed by atoms with E-state index in [0.717, 1.165) is 55.5 Å². The van der Waals surface area contributed by atoms with Crippen molar-refractivity contribution in [1.29, 1.82) is 0 Å². The predicted octanol–water partition coefficient (Wildman–Crippen LogP) is 2.90. The summed E-state index contributed by atoms with van der Waals surface area (Å²) in [4.78, 5) is 44.7. The van der Waals surface area contributed by atoms with Crippen molar-refractivity contribution in [1.82, 2.24) is 21.1 Å². The highest BCUT2D eigenvalue weighted by molar-refractivity contribution is 6.11. The number of benzene rings is 2. The van der Waals surface area contributed by atoms with Gasteiger partial charge in [-0.3, -0.25) is 25.2 Å². The van der Waals surface area contributed by atoms with Crippen LogP contribution in [0.4, 0.5) is 5.69 Å². The van der Waals surface area contributed by atoms with Gasteiger partial charge in [0.1, 0.15) is 6.54 Å². The Morgan fingerprint density at radius 2 is 1.88 bits per heavy atom. The molecule has 3 N–H and O–H groups in total. The van der Waals surface area contributed by atoms with Crippen LogP contribution in [0.1, 0.15) is 66.8 Å². The van der Waals surface area contributed by atoms with Crippen molar-refractivity contribution in [2.75, 3.05) is 31.1 Å². The summed E-state index contributed by atoms with van der Waals surface area (Å²) < 4.78 is 0. The van der Waals surface area contributed by atoms with Gasteiger partial charge in [-0.2, -0.15) is 0 Å². The number of fused-ring (bicyclic) bond motifs is 4. The van der Waals surface area contributed by atoms with Gasteiger partial charge in [0, 0.05) is 37.3 Å². The van der Waals surface area contributed by atoms with Crippen molar-refractivity contribution in [3.8, 4) is 0 Å². The van der Waals surface area contributed by atoms with Gasteiger partial charge in [0.15, 0.2) is 0 Å². The molecule has 8 nitrogen and oxygen atoms in total. The van der Waals surface area contributed by atoms with Crippen LogP contribution in [0.5, 0.6) is 0 Å². The fourth-order valence-electron chi connectivity index (χ4n) is 8.28. The maximum absolute atomic E-state index is 14.2. The van der Waals surface area contributed by atoms with Crippen LogP contribution in [0.15, 0.2) is 42.5 Å². The van der Waals surface area contributed by atoms with Gasteiger partial charge in [0.25, 0.3) is 0 Å². The molecule has 2 aliphatic carbocycles. The number of carbonyl (C=O) groups excluding carboxylic acids is 3. The molecule has 3 amide bonds. The molecular weight excluding hydrogens is 502 g/mol. The van der Waals surface area contributed by atoms with Gasteiger partial charge in [-0.15, -0.1) is 0 Å². The zero-order chi connectivity index (χ0) is 27.4. The molecule has 2 saturated heterocycles. The van der Waals surface area contributed by atoms with Crippen molar-refractivity contribution in [3.05, 3.63) is 64.7 Å². The lowest BCUT2D eigenvalue weighted by Crippen LogP contribution is -2.53. The molecule has 210 valence electrons. The SMILES string of the molecule is Cc1cccc2c1C1(CCN(C(=O)C3CCC4NNCC4C3)CC1)C(=O)N2CC(=O)NC1CCc2ccccc21. The van der Waals surface area contributed by atoms with Gasteiger partial charge in [-0.05, 0) is 86.1 Å². The van der Waals surface area contributed by atoms with Crippen LogP contribution in [-0.4, -0.2) is 54.8 Å². The number of hydrogen-bond donors (Lipinski definition) is 3. The smallest absolute Gasteiger partial charge is 0.240 e. The van der Waals surface area contributed by atoms with Crippen molar-refractivity contribution < 1.29 is 14.4 Å². The minimum atomic E-state index is -0.672. The van der Waals surface area contributed by atoms with Gasteiger partial charge >= 0.3 is 0 Å². The van der Waals surface area contributed by atoms with Crippen molar-refractivity contribution in [3.63, 3.8) is 0 Å². The number of nitrogens with zero attached hydrogens (tertiary/aromatic N) is 2. The summed E-state index contributed by atoms with van der Waals surface area (Å²) in [5.41, 5.74) is 11.4. The first kappa shape index (κ1) is 25.7. The van der Waals surface area contributed by atoms with Crippen molar-refractivity contribution in [2.45, 2.75) is 69.4 Å². The predicted molar refractivity (Wildman–Crippen MR) is 152 cm³/mol. The molecule has 4 atom stereocenters. The van der Waals surface area contributed by atoms with Crippen LogP contribution >= 0.6 is 0 Å². The van der Waals surface area contributed by atoms with E-state index in [4.69, 9.17) is 0 Å². The van der Waals surface area contributed by atoms with Gasteiger partial charge in [-0.1, -0.05) is 36.4 Å². The van der Waals surface area contributed by atoms with Crippen LogP contribution in [0, 0.1) is 18.8 Å². The molecule has 2 aromatic rings. The molecule has 1 saturated carbocycles. The number of hydrazine groups is 1. The average molecular weight is 542 g/mol. The Labute approximate surface area is 235 Å². The molecule has 4 unspecified atom stereocenters. The van der Waals surface area contributed by atoms with Crippen LogP contribution in [0.3, 0.4) is 0 Å². The number of piperidine rings is 1. The minimum absolute atomic E-state index is 0.00698. The van der Waals surface area contributed by atoms with E-state index in [2.05, 4.69) is 41.3 Å². The van der Waals surface area contributed by atoms with E-state index < -0.39 is 5.41 Å². The number of aryl methyl sites for hydroxylation is 2. The largest absolute Gasteiger partial charge is 0.348 e. The fraction of sp³-hybridized carbons (Fsp3) is 0.531. The molecule has 7 rings (SSSR count). The summed E-state index contributed by atoms with van der Waals surface area (Å²) in [5, 5.41) is 3.20. The number of likely N-dealkylation sites (tertiary alicyclic amines) is 1.